The molecule has 4 nitrogen and oxygen atoms in total. The minimum absolute atomic E-state index is 0.0144. The lowest BCUT2D eigenvalue weighted by molar-refractivity contribution is -0.143. The minimum atomic E-state index is -5.02. The van der Waals surface area contributed by atoms with Gasteiger partial charge in [-0.2, -0.15) is 26.3 Å². The second kappa shape index (κ2) is 8.35. The van der Waals surface area contributed by atoms with Gasteiger partial charge in [-0.25, -0.2) is 4.79 Å². The van der Waals surface area contributed by atoms with Crippen LogP contribution in [0.25, 0.3) is 5.69 Å². The molecule has 1 heterocycles. The van der Waals surface area contributed by atoms with E-state index in [1.807, 2.05) is 5.32 Å². The highest BCUT2D eigenvalue weighted by atomic mass is 32.1. The van der Waals surface area contributed by atoms with E-state index in [1.54, 1.807) is 35.1 Å². The van der Waals surface area contributed by atoms with E-state index >= 15 is 0 Å². The van der Waals surface area contributed by atoms with Crippen molar-refractivity contribution >= 4 is 41.0 Å². The molecule has 2 N–H and O–H groups in total. The number of rotatable bonds is 3. The van der Waals surface area contributed by atoms with Crippen LogP contribution in [0.1, 0.15) is 16.8 Å². The van der Waals surface area contributed by atoms with Crippen LogP contribution >= 0.6 is 23.6 Å². The van der Waals surface area contributed by atoms with Gasteiger partial charge in [-0.15, -0.1) is 11.3 Å². The van der Waals surface area contributed by atoms with Crippen LogP contribution in [0.5, 0.6) is 0 Å². The van der Waals surface area contributed by atoms with Gasteiger partial charge in [0.2, 0.25) is 0 Å². The standard InChI is InChI=1S/C19H13F6N3OS2/c1-10-9-31-17(30)28(10)15-5-3-2-4-14(15)27-16(29)26-13-7-11(18(20,21)22)6-12(8-13)19(23,24)25/h2-9H,1H3,(H2,26,27,29). The van der Waals surface area contributed by atoms with E-state index in [9.17, 15) is 31.1 Å². The van der Waals surface area contributed by atoms with Crippen molar-refractivity contribution in [2.24, 2.45) is 0 Å². The number of para-hydroxylation sites is 2. The summed E-state index contributed by atoms with van der Waals surface area (Å²) in [4.78, 5) is 12.4. The predicted molar refractivity (Wildman–Crippen MR) is 108 cm³/mol. The molecule has 1 aromatic heterocycles. The lowest BCUT2D eigenvalue weighted by Gasteiger charge is -2.16. The van der Waals surface area contributed by atoms with Crippen LogP contribution in [0.4, 0.5) is 42.5 Å². The number of nitrogens with one attached hydrogen (secondary N) is 2. The van der Waals surface area contributed by atoms with E-state index < -0.39 is 35.2 Å². The quantitative estimate of drug-likeness (QED) is 0.308. The highest BCUT2D eigenvalue weighted by molar-refractivity contribution is 7.73. The summed E-state index contributed by atoms with van der Waals surface area (Å²) in [6, 6.07) is 6.33. The number of thiazole rings is 1. The van der Waals surface area contributed by atoms with Crippen molar-refractivity contribution in [3.63, 3.8) is 0 Å². The molecule has 0 bridgehead atoms. The van der Waals surface area contributed by atoms with Gasteiger partial charge in [0.15, 0.2) is 3.95 Å². The number of urea groups is 1. The van der Waals surface area contributed by atoms with Gasteiger partial charge >= 0.3 is 18.4 Å². The number of anilines is 2. The molecule has 12 heteroatoms. The lowest BCUT2D eigenvalue weighted by Crippen LogP contribution is -2.21. The van der Waals surface area contributed by atoms with Crippen LogP contribution < -0.4 is 10.6 Å². The van der Waals surface area contributed by atoms with Gasteiger partial charge in [0.1, 0.15) is 0 Å². The van der Waals surface area contributed by atoms with E-state index in [-0.39, 0.29) is 11.8 Å². The molecule has 0 saturated carbocycles. The fraction of sp³-hybridized carbons (Fsp3) is 0.158. The molecule has 0 aliphatic carbocycles. The van der Waals surface area contributed by atoms with E-state index in [0.717, 1.165) is 5.69 Å². The van der Waals surface area contributed by atoms with Gasteiger partial charge in [0.05, 0.1) is 22.5 Å². The van der Waals surface area contributed by atoms with Crippen molar-refractivity contribution in [1.29, 1.82) is 0 Å². The second-order valence-electron chi connectivity index (χ2n) is 6.37. The molecule has 2 aromatic carbocycles. The highest BCUT2D eigenvalue weighted by Crippen LogP contribution is 2.37. The Morgan fingerprint density at radius 1 is 0.968 bits per heavy atom. The van der Waals surface area contributed by atoms with E-state index in [1.165, 1.54) is 17.4 Å². The number of nitrogens with zero attached hydrogens (tertiary/aromatic N) is 1. The Morgan fingerprint density at radius 2 is 1.55 bits per heavy atom. The highest BCUT2D eigenvalue weighted by Gasteiger charge is 2.37. The first-order chi connectivity index (χ1) is 14.4. The molecule has 0 radical (unpaired) electrons. The number of alkyl halides is 6. The van der Waals surface area contributed by atoms with Crippen molar-refractivity contribution in [1.82, 2.24) is 4.57 Å². The fourth-order valence-electron chi connectivity index (χ4n) is 2.76. The zero-order valence-corrected chi connectivity index (χ0v) is 17.2. The van der Waals surface area contributed by atoms with E-state index in [2.05, 4.69) is 5.32 Å². The number of carbonyl (C=O) groups excluding carboxylic acids is 1. The van der Waals surface area contributed by atoms with Crippen molar-refractivity contribution in [2.45, 2.75) is 19.3 Å². The molecule has 2 amide bonds. The Kier molecular flexibility index (Phi) is 6.14. The van der Waals surface area contributed by atoms with E-state index in [0.29, 0.717) is 21.8 Å². The fourth-order valence-corrected chi connectivity index (χ4v) is 3.87. The number of benzene rings is 2. The maximum Gasteiger partial charge on any atom is 0.416 e. The first kappa shape index (κ1) is 22.8. The maximum atomic E-state index is 13.0. The summed E-state index contributed by atoms with van der Waals surface area (Å²) in [6.45, 7) is 1.80. The monoisotopic (exact) mass is 477 g/mol. The molecule has 0 spiro atoms. The summed E-state index contributed by atoms with van der Waals surface area (Å²) in [7, 11) is 0. The van der Waals surface area contributed by atoms with Crippen LogP contribution in [-0.4, -0.2) is 10.6 Å². The molecule has 0 aliphatic rings. The topological polar surface area (TPSA) is 46.1 Å². The van der Waals surface area contributed by atoms with Gasteiger partial charge in [0.25, 0.3) is 0 Å². The van der Waals surface area contributed by atoms with Gasteiger partial charge < -0.3 is 10.6 Å². The maximum absolute atomic E-state index is 13.0. The molecule has 164 valence electrons. The molecule has 0 fully saturated rings. The van der Waals surface area contributed by atoms with Gasteiger partial charge in [-0.05, 0) is 49.5 Å². The largest absolute Gasteiger partial charge is 0.416 e. The minimum Gasteiger partial charge on any atom is -0.308 e. The molecular formula is C19H13F6N3OS2. The Hall–Kier alpha value is -2.86. The van der Waals surface area contributed by atoms with Gasteiger partial charge in [0, 0.05) is 16.8 Å². The number of carbonyl (C=O) groups is 1. The molecular weight excluding hydrogens is 464 g/mol. The van der Waals surface area contributed by atoms with E-state index in [4.69, 9.17) is 12.2 Å². The molecule has 0 atom stereocenters. The molecule has 0 saturated heterocycles. The Labute approximate surface area is 181 Å². The summed E-state index contributed by atoms with van der Waals surface area (Å²) in [5.41, 5.74) is -2.16. The smallest absolute Gasteiger partial charge is 0.308 e. The summed E-state index contributed by atoms with van der Waals surface area (Å²) >= 11 is 6.57. The summed E-state index contributed by atoms with van der Waals surface area (Å²) in [5.74, 6) is 0. The summed E-state index contributed by atoms with van der Waals surface area (Å²) in [6.07, 6.45) is -10.0. The zero-order chi connectivity index (χ0) is 23.0. The average Bonchev–Trinajstić information content (AvgIpc) is 2.99. The first-order valence-corrected chi connectivity index (χ1v) is 9.79. The molecule has 3 rings (SSSR count). The molecule has 0 aliphatic heterocycles. The third-order valence-corrected chi connectivity index (χ3v) is 5.42. The first-order valence-electron chi connectivity index (χ1n) is 8.50. The molecule has 3 aromatic rings. The van der Waals surface area contributed by atoms with Crippen LogP contribution in [-0.2, 0) is 12.4 Å². The van der Waals surface area contributed by atoms with Crippen molar-refractivity contribution in [2.75, 3.05) is 10.6 Å². The number of hydrogen-bond donors (Lipinski definition) is 2. The number of hydrogen-bond acceptors (Lipinski definition) is 3. The number of aryl methyl sites for hydroxylation is 1. The van der Waals surface area contributed by atoms with Crippen molar-refractivity contribution in [3.8, 4) is 5.69 Å². The Balaban J connectivity index is 1.91. The SMILES string of the molecule is Cc1csc(=S)n1-c1ccccc1NC(=O)Nc1cc(C(F)(F)F)cc(C(F)(F)F)c1. The third-order valence-electron chi connectivity index (χ3n) is 4.10. The molecule has 31 heavy (non-hydrogen) atoms. The van der Waals surface area contributed by atoms with Crippen molar-refractivity contribution < 1.29 is 31.1 Å². The Morgan fingerprint density at radius 3 is 2.06 bits per heavy atom. The molecule has 0 unspecified atom stereocenters. The summed E-state index contributed by atoms with van der Waals surface area (Å²) in [5, 5.41) is 6.28. The Bertz CT molecular complexity index is 1150. The van der Waals surface area contributed by atoms with Crippen molar-refractivity contribution in [3.05, 3.63) is 68.6 Å². The predicted octanol–water partition coefficient (Wildman–Crippen LogP) is 7.26. The third kappa shape index (κ3) is 5.25. The number of amides is 2. The van der Waals surface area contributed by atoms with Crippen LogP contribution in [0, 0.1) is 10.9 Å². The van der Waals surface area contributed by atoms with Gasteiger partial charge in [-0.3, -0.25) is 4.57 Å². The van der Waals surface area contributed by atoms with Gasteiger partial charge in [-0.1, -0.05) is 12.1 Å². The van der Waals surface area contributed by atoms with Crippen LogP contribution in [0.3, 0.4) is 0 Å². The lowest BCUT2D eigenvalue weighted by atomic mass is 10.1. The number of halogens is 6. The zero-order valence-electron chi connectivity index (χ0n) is 15.6. The number of aromatic nitrogens is 1. The van der Waals surface area contributed by atoms with Crippen LogP contribution in [0.15, 0.2) is 47.8 Å². The average molecular weight is 477 g/mol. The van der Waals surface area contributed by atoms with Crippen LogP contribution in [0.2, 0.25) is 0 Å². The summed E-state index contributed by atoms with van der Waals surface area (Å²) < 4.78 is 80.2. The second-order valence-corrected chi connectivity index (χ2v) is 7.87. The normalized spacial score (nSPS) is 12.0.